The Morgan fingerprint density at radius 1 is 0.474 bits per heavy atom. The Labute approximate surface area is 174 Å². The second-order valence-electron chi connectivity index (χ2n) is 1.00. The number of carbonyl (C=O) groups excluding carboxylic acids is 4. The SMILES string of the molecule is O=C([O-])[O-].O=C([O-])[O-].O=C([O-])[O-].O=C([O-])[O-].[Ce+3].[Cu+2].[Y+3]. The van der Waals surface area contributed by atoms with Gasteiger partial charge in [-0.2, -0.15) is 0 Å². The Bertz CT molecular complexity index is 170. The molecule has 0 amide bonds. The number of carbonyl (C=O) groups is 4. The third-order valence-electron chi connectivity index (χ3n) is 0. The van der Waals surface area contributed by atoms with Crippen molar-refractivity contribution in [3.63, 3.8) is 0 Å². The Kier molecular flexibility index (Phi) is 81.3. The van der Waals surface area contributed by atoms with E-state index >= 15 is 0 Å². The molecule has 0 saturated carbocycles. The molecule has 2 radical (unpaired) electrons. The number of rotatable bonds is 0. The fraction of sp³-hybridized carbons (Fsp3) is 0. The van der Waals surface area contributed by atoms with Gasteiger partial charge in [0, 0.05) is 0 Å². The van der Waals surface area contributed by atoms with Crippen LogP contribution in [0.4, 0.5) is 19.2 Å². The van der Waals surface area contributed by atoms with E-state index in [2.05, 4.69) is 0 Å². The molecule has 0 heterocycles. The molecule has 0 unspecified atom stereocenters. The van der Waals surface area contributed by atoms with E-state index in [0.29, 0.717) is 0 Å². The van der Waals surface area contributed by atoms with Gasteiger partial charge in [0.05, 0.1) is 0 Å². The second kappa shape index (κ2) is 36.1. The molecule has 19 heavy (non-hydrogen) atoms. The van der Waals surface area contributed by atoms with E-state index in [4.69, 9.17) is 60.0 Å². The quantitative estimate of drug-likeness (QED) is 0.263. The van der Waals surface area contributed by atoms with E-state index in [9.17, 15) is 0 Å². The van der Waals surface area contributed by atoms with Crippen LogP contribution in [-0.4, -0.2) is 24.6 Å². The molecule has 0 N–H and O–H groups in total. The predicted molar refractivity (Wildman–Crippen MR) is 21.6 cm³/mol. The molecule has 0 spiro atoms. The van der Waals surface area contributed by atoms with Gasteiger partial charge in [-0.05, 0) is 24.6 Å². The number of hydrogen-bond acceptors (Lipinski definition) is 12. The molecule has 0 aliphatic rings. The van der Waals surface area contributed by atoms with E-state index in [-0.39, 0.29) is 91.5 Å². The summed E-state index contributed by atoms with van der Waals surface area (Å²) in [7, 11) is 0. The topological polar surface area (TPSA) is 253 Å². The van der Waals surface area contributed by atoms with Crippen LogP contribution in [0.15, 0.2) is 0 Å². The normalized spacial score (nSPS) is 5.05. The summed E-state index contributed by atoms with van der Waals surface area (Å²) < 4.78 is 0. The number of hydrogen-bond donors (Lipinski definition) is 0. The molecule has 0 bridgehead atoms. The van der Waals surface area contributed by atoms with Crippen LogP contribution in [0, 0.1) is 41.7 Å². The first-order valence-corrected chi connectivity index (χ1v) is 2.45. The smallest absolute Gasteiger partial charge is 0.652 e. The van der Waals surface area contributed by atoms with Gasteiger partial charge < -0.3 is 60.0 Å². The van der Waals surface area contributed by atoms with Gasteiger partial charge in [0.15, 0.2) is 0 Å². The Balaban J connectivity index is -0.0000000192. The standard InChI is InChI=1S/4CH2O3.Ce.Cu.Y/c4*2-1(3)4;;;/h4*(H2,2,3,4);;;/q;;;;+3;+2;+3/p-8. The van der Waals surface area contributed by atoms with Crippen LogP contribution in [-0.2, 0) is 49.8 Å². The molecule has 0 atom stereocenters. The summed E-state index contributed by atoms with van der Waals surface area (Å²) in [5, 5.41) is 66.7. The summed E-state index contributed by atoms with van der Waals surface area (Å²) in [6, 6.07) is 0. The van der Waals surface area contributed by atoms with Crippen molar-refractivity contribution in [1.29, 1.82) is 0 Å². The summed E-state index contributed by atoms with van der Waals surface area (Å²) >= 11 is 0. The fourth-order valence-corrected chi connectivity index (χ4v) is 0. The van der Waals surface area contributed by atoms with Crippen LogP contribution >= 0.6 is 0 Å². The van der Waals surface area contributed by atoms with Gasteiger partial charge in [-0.25, -0.2) is 0 Å². The van der Waals surface area contributed by atoms with Crippen molar-refractivity contribution in [2.75, 3.05) is 0 Å². The second-order valence-corrected chi connectivity index (χ2v) is 1.00. The van der Waals surface area contributed by atoms with Gasteiger partial charge in [0.25, 0.3) is 0 Å². The largest absolute Gasteiger partial charge is 3.00 e. The van der Waals surface area contributed by atoms with Crippen molar-refractivity contribution in [1.82, 2.24) is 0 Å². The van der Waals surface area contributed by atoms with Crippen LogP contribution in [0.2, 0.25) is 0 Å². The van der Waals surface area contributed by atoms with Gasteiger partial charge in [-0.1, -0.05) is 0 Å². The van der Waals surface area contributed by atoms with Crippen molar-refractivity contribution in [2.24, 2.45) is 0 Å². The first kappa shape index (κ1) is 42.7. The average molecular weight is 533 g/mol. The summed E-state index contributed by atoms with van der Waals surface area (Å²) in [5.74, 6) is 0. The van der Waals surface area contributed by atoms with E-state index in [0.717, 1.165) is 0 Å². The molecule has 0 saturated heterocycles. The minimum absolute atomic E-state index is 0. The van der Waals surface area contributed by atoms with E-state index < -0.39 is 24.6 Å². The summed E-state index contributed by atoms with van der Waals surface area (Å²) in [4.78, 5) is 33.3. The van der Waals surface area contributed by atoms with E-state index in [1.807, 2.05) is 0 Å². The van der Waals surface area contributed by atoms with Crippen LogP contribution in [0.1, 0.15) is 0 Å². The van der Waals surface area contributed by atoms with Gasteiger partial charge in [0.2, 0.25) is 0 Å². The molecule has 0 aromatic rings. The zero-order valence-corrected chi connectivity index (χ0v) is 15.2. The van der Waals surface area contributed by atoms with Crippen LogP contribution < -0.4 is 40.9 Å². The summed E-state index contributed by atoms with van der Waals surface area (Å²) in [6.45, 7) is 0. The van der Waals surface area contributed by atoms with E-state index in [1.165, 1.54) is 0 Å². The van der Waals surface area contributed by atoms with Crippen LogP contribution in [0.25, 0.3) is 0 Å². The molecular formula is C4CeCuO12Y. The van der Waals surface area contributed by atoms with Crippen LogP contribution in [0.5, 0.6) is 0 Å². The molecule has 0 fully saturated rings. The molecule has 0 aromatic carbocycles. The average Bonchev–Trinajstić information content (AvgIpc) is 1.76. The Morgan fingerprint density at radius 3 is 0.474 bits per heavy atom. The van der Waals surface area contributed by atoms with Crippen molar-refractivity contribution in [3.8, 4) is 0 Å². The molecule has 106 valence electrons. The minimum Gasteiger partial charge on any atom is -0.652 e. The molecule has 0 aromatic heterocycles. The third-order valence-corrected chi connectivity index (χ3v) is 0. The molecule has 0 aliphatic heterocycles. The van der Waals surface area contributed by atoms with Crippen molar-refractivity contribution in [2.45, 2.75) is 0 Å². The first-order valence-electron chi connectivity index (χ1n) is 2.45. The zero-order valence-electron chi connectivity index (χ0n) is 8.28. The third kappa shape index (κ3) is 730000. The number of carboxylic acid groups (broad SMARTS) is 8. The van der Waals surface area contributed by atoms with Crippen molar-refractivity contribution < 1.29 is 152 Å². The molecule has 0 aliphatic carbocycles. The molecular weight excluding hydrogens is 533 g/mol. The molecule has 12 nitrogen and oxygen atoms in total. The fourth-order valence-electron chi connectivity index (χ4n) is 0. The van der Waals surface area contributed by atoms with Gasteiger partial charge in [-0.3, -0.25) is 0 Å². The minimum atomic E-state index is -2.33. The maximum absolute atomic E-state index is 8.33. The maximum Gasteiger partial charge on any atom is 3.00 e. The van der Waals surface area contributed by atoms with Crippen molar-refractivity contribution in [3.05, 3.63) is 0 Å². The first-order chi connectivity index (χ1) is 6.93. The van der Waals surface area contributed by atoms with Crippen LogP contribution in [0.3, 0.4) is 0 Å². The Morgan fingerprint density at radius 2 is 0.474 bits per heavy atom. The van der Waals surface area contributed by atoms with E-state index in [1.54, 1.807) is 0 Å². The predicted octanol–water partition coefficient (Wildman–Crippen LogP) is -9.79. The molecule has 0 rings (SSSR count). The molecule has 15 heteroatoms. The van der Waals surface area contributed by atoms with Crippen molar-refractivity contribution >= 4 is 24.6 Å². The van der Waals surface area contributed by atoms with Gasteiger partial charge in [-0.15, -0.1) is 0 Å². The summed E-state index contributed by atoms with van der Waals surface area (Å²) in [6.07, 6.45) is -9.33. The monoisotopic (exact) mass is 532 g/mol. The van der Waals surface area contributed by atoms with Gasteiger partial charge >= 0.3 is 91.5 Å². The Hall–Kier alpha value is 0.0800. The summed E-state index contributed by atoms with van der Waals surface area (Å²) in [5.41, 5.74) is 0. The maximum atomic E-state index is 8.33. The van der Waals surface area contributed by atoms with Gasteiger partial charge in [0.1, 0.15) is 0 Å². The zero-order chi connectivity index (χ0) is 14.3.